The molecule has 0 bridgehead atoms. The number of rotatable bonds is 4. The first-order valence-electron chi connectivity index (χ1n) is 8.12. The Bertz CT molecular complexity index is 1110. The van der Waals surface area contributed by atoms with Crippen molar-refractivity contribution in [1.82, 2.24) is 24.7 Å². The second kappa shape index (κ2) is 6.94. The molecule has 0 saturated carbocycles. The maximum absolute atomic E-state index is 9.67. The highest BCUT2D eigenvalue weighted by Gasteiger charge is 2.17. The second-order valence-electron chi connectivity index (χ2n) is 5.86. The number of benzene rings is 2. The number of H-pyrrole nitrogens is 1. The zero-order valence-electron chi connectivity index (χ0n) is 14.3. The predicted octanol–water partition coefficient (Wildman–Crippen LogP) is 4.29. The SMILES string of the molecule is Cc1cn(-c2ccc(N(c3ccc(Cl)cc3)c3ncn[nH]3)cc2C#N)cn1. The van der Waals surface area contributed by atoms with E-state index >= 15 is 0 Å². The van der Waals surface area contributed by atoms with E-state index in [2.05, 4.69) is 26.2 Å². The molecule has 132 valence electrons. The third-order valence-corrected chi connectivity index (χ3v) is 4.30. The van der Waals surface area contributed by atoms with E-state index in [1.165, 1.54) is 6.33 Å². The van der Waals surface area contributed by atoms with Crippen LogP contribution in [0.25, 0.3) is 5.69 Å². The molecule has 0 amide bonds. The van der Waals surface area contributed by atoms with Gasteiger partial charge in [0, 0.05) is 16.9 Å². The summed E-state index contributed by atoms with van der Waals surface area (Å²) >= 11 is 6.02. The van der Waals surface area contributed by atoms with Crippen LogP contribution in [0.5, 0.6) is 0 Å². The van der Waals surface area contributed by atoms with Gasteiger partial charge in [-0.3, -0.25) is 4.90 Å². The van der Waals surface area contributed by atoms with Gasteiger partial charge in [0.25, 0.3) is 0 Å². The molecule has 2 heterocycles. The van der Waals surface area contributed by atoms with E-state index in [0.717, 1.165) is 22.8 Å². The number of nitrogens with zero attached hydrogens (tertiary/aromatic N) is 6. The lowest BCUT2D eigenvalue weighted by Crippen LogP contribution is -2.12. The van der Waals surface area contributed by atoms with E-state index in [4.69, 9.17) is 11.6 Å². The number of nitriles is 1. The molecule has 0 atom stereocenters. The van der Waals surface area contributed by atoms with E-state index in [-0.39, 0.29) is 0 Å². The summed E-state index contributed by atoms with van der Waals surface area (Å²) in [6, 6.07) is 15.2. The predicted molar refractivity (Wildman–Crippen MR) is 103 cm³/mol. The highest BCUT2D eigenvalue weighted by Crippen LogP contribution is 2.34. The van der Waals surface area contributed by atoms with Crippen LogP contribution in [0.4, 0.5) is 17.3 Å². The molecule has 0 saturated heterocycles. The summed E-state index contributed by atoms with van der Waals surface area (Å²) in [6.45, 7) is 1.91. The van der Waals surface area contributed by atoms with E-state index in [9.17, 15) is 5.26 Å². The van der Waals surface area contributed by atoms with Gasteiger partial charge in [0.05, 0.1) is 29.0 Å². The molecule has 0 aliphatic rings. The summed E-state index contributed by atoms with van der Waals surface area (Å²) in [6.07, 6.45) is 5.01. The van der Waals surface area contributed by atoms with Crippen molar-refractivity contribution in [1.29, 1.82) is 5.26 Å². The van der Waals surface area contributed by atoms with Gasteiger partial charge in [-0.2, -0.15) is 15.3 Å². The number of nitrogens with one attached hydrogen (secondary N) is 1. The molecule has 1 N–H and O–H groups in total. The number of halogens is 1. The van der Waals surface area contributed by atoms with E-state index < -0.39 is 0 Å². The maximum Gasteiger partial charge on any atom is 0.230 e. The van der Waals surface area contributed by atoms with Crippen LogP contribution < -0.4 is 4.90 Å². The molecule has 7 nitrogen and oxygen atoms in total. The molecule has 4 aromatic rings. The van der Waals surface area contributed by atoms with E-state index in [1.807, 2.05) is 52.9 Å². The van der Waals surface area contributed by atoms with Crippen LogP contribution in [0.2, 0.25) is 5.02 Å². The lowest BCUT2D eigenvalue weighted by atomic mass is 10.1. The number of aryl methyl sites for hydroxylation is 1. The second-order valence-corrected chi connectivity index (χ2v) is 6.29. The number of hydrogen-bond donors (Lipinski definition) is 1. The third-order valence-electron chi connectivity index (χ3n) is 4.05. The fourth-order valence-corrected chi connectivity index (χ4v) is 2.95. The van der Waals surface area contributed by atoms with Crippen molar-refractivity contribution >= 4 is 28.9 Å². The molecule has 8 heteroatoms. The van der Waals surface area contributed by atoms with E-state index in [0.29, 0.717) is 16.5 Å². The Morgan fingerprint density at radius 3 is 2.52 bits per heavy atom. The summed E-state index contributed by atoms with van der Waals surface area (Å²) in [5.41, 5.74) is 3.77. The Morgan fingerprint density at radius 2 is 1.89 bits per heavy atom. The van der Waals surface area contributed by atoms with Gasteiger partial charge in [-0.25, -0.2) is 10.1 Å². The first kappa shape index (κ1) is 16.8. The van der Waals surface area contributed by atoms with Gasteiger partial charge in [-0.05, 0) is 49.4 Å². The van der Waals surface area contributed by atoms with Crippen molar-refractivity contribution in [3.8, 4) is 11.8 Å². The third kappa shape index (κ3) is 3.26. The molecule has 0 aliphatic heterocycles. The molecule has 27 heavy (non-hydrogen) atoms. The van der Waals surface area contributed by atoms with Crippen LogP contribution in [0.3, 0.4) is 0 Å². The van der Waals surface area contributed by atoms with Crippen LogP contribution in [0.15, 0.2) is 61.3 Å². The molecular formula is C19H14ClN7. The lowest BCUT2D eigenvalue weighted by Gasteiger charge is -2.22. The van der Waals surface area contributed by atoms with Crippen molar-refractivity contribution < 1.29 is 0 Å². The molecule has 0 fully saturated rings. The van der Waals surface area contributed by atoms with Crippen LogP contribution >= 0.6 is 11.6 Å². The smallest absolute Gasteiger partial charge is 0.230 e. The standard InChI is InChI=1S/C19H14ClN7/c1-13-10-26(12-23-13)18-7-6-17(8-14(18)9-21)27(19-22-11-24-25-19)16-4-2-15(20)3-5-16/h2-8,10-12H,1H3,(H,22,24,25). The summed E-state index contributed by atoms with van der Waals surface area (Å²) < 4.78 is 1.83. The Morgan fingerprint density at radius 1 is 1.11 bits per heavy atom. The molecule has 2 aromatic carbocycles. The van der Waals surface area contributed by atoms with Crippen molar-refractivity contribution in [2.75, 3.05) is 4.90 Å². The summed E-state index contributed by atoms with van der Waals surface area (Å²) in [5, 5.41) is 17.1. The molecule has 0 radical (unpaired) electrons. The summed E-state index contributed by atoms with van der Waals surface area (Å²) in [7, 11) is 0. The van der Waals surface area contributed by atoms with Gasteiger partial charge in [0.1, 0.15) is 12.4 Å². The minimum atomic E-state index is 0.517. The highest BCUT2D eigenvalue weighted by atomic mass is 35.5. The van der Waals surface area contributed by atoms with E-state index in [1.54, 1.807) is 18.5 Å². The molecule has 2 aromatic heterocycles. The normalized spacial score (nSPS) is 10.6. The summed E-state index contributed by atoms with van der Waals surface area (Å²) in [4.78, 5) is 10.4. The average molecular weight is 376 g/mol. The van der Waals surface area contributed by atoms with Gasteiger partial charge in [-0.1, -0.05) is 11.6 Å². The molecule has 0 aliphatic carbocycles. The first-order chi connectivity index (χ1) is 13.2. The quantitative estimate of drug-likeness (QED) is 0.574. The Balaban J connectivity index is 1.83. The van der Waals surface area contributed by atoms with Gasteiger partial charge in [0.15, 0.2) is 0 Å². The molecular weight excluding hydrogens is 362 g/mol. The number of aromatic nitrogens is 5. The Hall–Kier alpha value is -3.63. The topological polar surface area (TPSA) is 86.4 Å². The highest BCUT2D eigenvalue weighted by molar-refractivity contribution is 6.30. The maximum atomic E-state index is 9.67. The number of aromatic amines is 1. The van der Waals surface area contributed by atoms with Crippen LogP contribution in [0, 0.1) is 18.3 Å². The van der Waals surface area contributed by atoms with Gasteiger partial charge in [-0.15, -0.1) is 0 Å². The molecule has 4 rings (SSSR count). The van der Waals surface area contributed by atoms with Gasteiger partial charge < -0.3 is 4.57 Å². The lowest BCUT2D eigenvalue weighted by molar-refractivity contribution is 1.04. The Kier molecular flexibility index (Phi) is 4.32. The average Bonchev–Trinajstić information content (AvgIpc) is 3.35. The van der Waals surface area contributed by atoms with Crippen LogP contribution in [-0.4, -0.2) is 24.7 Å². The minimum absolute atomic E-state index is 0.517. The van der Waals surface area contributed by atoms with Gasteiger partial charge >= 0.3 is 0 Å². The monoisotopic (exact) mass is 375 g/mol. The number of anilines is 3. The van der Waals surface area contributed by atoms with Crippen LogP contribution in [0.1, 0.15) is 11.3 Å². The largest absolute Gasteiger partial charge is 0.305 e. The zero-order valence-corrected chi connectivity index (χ0v) is 15.1. The van der Waals surface area contributed by atoms with Crippen molar-refractivity contribution in [2.45, 2.75) is 6.92 Å². The van der Waals surface area contributed by atoms with Crippen molar-refractivity contribution in [3.05, 3.63) is 77.6 Å². The number of hydrogen-bond acceptors (Lipinski definition) is 5. The number of imidazole rings is 1. The van der Waals surface area contributed by atoms with Crippen LogP contribution in [-0.2, 0) is 0 Å². The van der Waals surface area contributed by atoms with Gasteiger partial charge in [0.2, 0.25) is 5.95 Å². The Labute approximate surface area is 160 Å². The van der Waals surface area contributed by atoms with Crippen molar-refractivity contribution in [3.63, 3.8) is 0 Å². The minimum Gasteiger partial charge on any atom is -0.305 e. The fourth-order valence-electron chi connectivity index (χ4n) is 2.82. The fraction of sp³-hybridized carbons (Fsp3) is 0.0526. The van der Waals surface area contributed by atoms with Crippen molar-refractivity contribution in [2.24, 2.45) is 0 Å². The summed E-state index contributed by atoms with van der Waals surface area (Å²) in [5.74, 6) is 0.535. The molecule has 0 unspecified atom stereocenters. The first-order valence-corrected chi connectivity index (χ1v) is 8.49. The zero-order chi connectivity index (χ0) is 18.8. The molecule has 0 spiro atoms.